The SMILES string of the molecule is CSCCNS(=O)(=O)c1ccc(Cl)cc1. The number of halogens is 1. The van der Waals surface area contributed by atoms with Gasteiger partial charge < -0.3 is 0 Å². The van der Waals surface area contributed by atoms with Gasteiger partial charge in [-0.05, 0) is 30.5 Å². The molecule has 1 N–H and O–H groups in total. The number of rotatable bonds is 5. The molecule has 15 heavy (non-hydrogen) atoms. The molecule has 0 amide bonds. The third-order valence-corrected chi connectivity index (χ3v) is 4.06. The van der Waals surface area contributed by atoms with Gasteiger partial charge in [0, 0.05) is 17.3 Å². The summed E-state index contributed by atoms with van der Waals surface area (Å²) in [6.45, 7) is 0.437. The molecule has 0 aliphatic carbocycles. The van der Waals surface area contributed by atoms with Crippen LogP contribution in [0, 0.1) is 0 Å². The second kappa shape index (κ2) is 5.75. The zero-order valence-corrected chi connectivity index (χ0v) is 10.6. The number of hydrogen-bond acceptors (Lipinski definition) is 3. The standard InChI is InChI=1S/C9H12ClNO2S2/c1-14-7-6-11-15(12,13)9-4-2-8(10)3-5-9/h2-5,11H,6-7H2,1H3. The Labute approximate surface area is 99.3 Å². The molecule has 0 saturated carbocycles. The van der Waals surface area contributed by atoms with E-state index in [-0.39, 0.29) is 4.90 Å². The van der Waals surface area contributed by atoms with Gasteiger partial charge in [0.25, 0.3) is 0 Å². The van der Waals surface area contributed by atoms with Gasteiger partial charge in [0.1, 0.15) is 0 Å². The summed E-state index contributed by atoms with van der Waals surface area (Å²) in [4.78, 5) is 0.244. The molecule has 0 saturated heterocycles. The van der Waals surface area contributed by atoms with Crippen molar-refractivity contribution in [3.8, 4) is 0 Å². The average Bonchev–Trinajstić information content (AvgIpc) is 2.18. The van der Waals surface area contributed by atoms with Crippen LogP contribution in [0.15, 0.2) is 29.2 Å². The van der Waals surface area contributed by atoms with Gasteiger partial charge >= 0.3 is 0 Å². The predicted octanol–water partition coefficient (Wildman–Crippen LogP) is 1.98. The molecule has 1 aromatic carbocycles. The minimum atomic E-state index is -3.37. The first-order valence-electron chi connectivity index (χ1n) is 4.30. The van der Waals surface area contributed by atoms with Crippen LogP contribution in [0.5, 0.6) is 0 Å². The molecule has 0 aromatic heterocycles. The highest BCUT2D eigenvalue weighted by molar-refractivity contribution is 7.98. The predicted molar refractivity (Wildman–Crippen MR) is 65.0 cm³/mol. The fraction of sp³-hybridized carbons (Fsp3) is 0.333. The topological polar surface area (TPSA) is 46.2 Å². The summed E-state index contributed by atoms with van der Waals surface area (Å²) in [7, 11) is -3.37. The van der Waals surface area contributed by atoms with Crippen LogP contribution >= 0.6 is 23.4 Å². The molecule has 0 spiro atoms. The van der Waals surface area contributed by atoms with E-state index >= 15 is 0 Å². The highest BCUT2D eigenvalue weighted by Crippen LogP contribution is 2.13. The first-order chi connectivity index (χ1) is 7.06. The first kappa shape index (κ1) is 12.8. The molecule has 1 aromatic rings. The summed E-state index contributed by atoms with van der Waals surface area (Å²) >= 11 is 7.26. The number of thioether (sulfide) groups is 1. The summed E-state index contributed by atoms with van der Waals surface area (Å²) in [5.41, 5.74) is 0. The largest absolute Gasteiger partial charge is 0.240 e. The Morgan fingerprint density at radius 2 is 1.93 bits per heavy atom. The van der Waals surface area contributed by atoms with Gasteiger partial charge in [-0.2, -0.15) is 11.8 Å². The van der Waals surface area contributed by atoms with Gasteiger partial charge in [0.2, 0.25) is 10.0 Å². The summed E-state index contributed by atoms with van der Waals surface area (Å²) < 4.78 is 25.8. The molecule has 0 radical (unpaired) electrons. The van der Waals surface area contributed by atoms with E-state index in [2.05, 4.69) is 4.72 Å². The Morgan fingerprint density at radius 1 is 1.33 bits per heavy atom. The lowest BCUT2D eigenvalue weighted by Crippen LogP contribution is -2.25. The molecule has 0 aliphatic rings. The van der Waals surface area contributed by atoms with E-state index in [1.54, 1.807) is 23.9 Å². The van der Waals surface area contributed by atoms with Gasteiger partial charge in [-0.25, -0.2) is 13.1 Å². The molecule has 1 rings (SSSR count). The second-order valence-corrected chi connectivity index (χ2v) is 6.03. The number of sulfonamides is 1. The first-order valence-corrected chi connectivity index (χ1v) is 7.56. The third kappa shape index (κ3) is 4.03. The second-order valence-electron chi connectivity index (χ2n) is 2.84. The van der Waals surface area contributed by atoms with Gasteiger partial charge in [0.15, 0.2) is 0 Å². The van der Waals surface area contributed by atoms with E-state index in [1.807, 2.05) is 6.26 Å². The van der Waals surface area contributed by atoms with Crippen molar-refractivity contribution in [1.29, 1.82) is 0 Å². The number of hydrogen-bond donors (Lipinski definition) is 1. The highest BCUT2D eigenvalue weighted by atomic mass is 35.5. The third-order valence-electron chi connectivity index (χ3n) is 1.72. The fourth-order valence-electron chi connectivity index (χ4n) is 0.975. The molecular weight excluding hydrogens is 254 g/mol. The minimum absolute atomic E-state index is 0.244. The summed E-state index contributed by atoms with van der Waals surface area (Å²) in [5, 5.41) is 0.526. The van der Waals surface area contributed by atoms with Gasteiger partial charge in [-0.1, -0.05) is 11.6 Å². The Balaban J connectivity index is 2.73. The van der Waals surface area contributed by atoms with Crippen LogP contribution in [0.4, 0.5) is 0 Å². The minimum Gasteiger partial charge on any atom is -0.210 e. The summed E-state index contributed by atoms with van der Waals surface area (Å²) in [6.07, 6.45) is 1.93. The summed E-state index contributed by atoms with van der Waals surface area (Å²) in [5.74, 6) is 0.757. The van der Waals surface area contributed by atoms with Crippen LogP contribution in [0.2, 0.25) is 5.02 Å². The lowest BCUT2D eigenvalue weighted by atomic mass is 10.4. The smallest absolute Gasteiger partial charge is 0.210 e. The van der Waals surface area contributed by atoms with Crippen LogP contribution in [0.1, 0.15) is 0 Å². The van der Waals surface area contributed by atoms with Gasteiger partial charge in [-0.3, -0.25) is 0 Å². The Hall–Kier alpha value is -0.230. The van der Waals surface area contributed by atoms with Crippen molar-refractivity contribution >= 4 is 33.4 Å². The van der Waals surface area contributed by atoms with E-state index in [0.717, 1.165) is 5.75 Å². The van der Waals surface area contributed by atoms with Crippen LogP contribution < -0.4 is 4.72 Å². The van der Waals surface area contributed by atoms with E-state index in [9.17, 15) is 8.42 Å². The molecular formula is C9H12ClNO2S2. The Kier molecular flexibility index (Phi) is 4.92. The number of benzene rings is 1. The lowest BCUT2D eigenvalue weighted by molar-refractivity contribution is 0.584. The Bertz CT molecular complexity index is 403. The van der Waals surface area contributed by atoms with Crippen molar-refractivity contribution in [2.45, 2.75) is 4.90 Å². The van der Waals surface area contributed by atoms with Crippen molar-refractivity contribution in [3.05, 3.63) is 29.3 Å². The normalized spacial score (nSPS) is 11.6. The van der Waals surface area contributed by atoms with E-state index in [0.29, 0.717) is 11.6 Å². The molecule has 0 unspecified atom stereocenters. The fourth-order valence-corrected chi connectivity index (χ4v) is 2.57. The summed E-state index contributed by atoms with van der Waals surface area (Å²) in [6, 6.07) is 6.10. The van der Waals surface area contributed by atoms with E-state index < -0.39 is 10.0 Å². The maximum atomic E-state index is 11.7. The Morgan fingerprint density at radius 3 is 2.47 bits per heavy atom. The van der Waals surface area contributed by atoms with Crippen LogP contribution in [-0.2, 0) is 10.0 Å². The molecule has 6 heteroatoms. The van der Waals surface area contributed by atoms with Crippen molar-refractivity contribution < 1.29 is 8.42 Å². The number of nitrogens with one attached hydrogen (secondary N) is 1. The van der Waals surface area contributed by atoms with Crippen molar-refractivity contribution in [2.75, 3.05) is 18.6 Å². The molecule has 84 valence electrons. The average molecular weight is 266 g/mol. The molecule has 0 bridgehead atoms. The maximum Gasteiger partial charge on any atom is 0.240 e. The molecule has 0 aliphatic heterocycles. The van der Waals surface area contributed by atoms with E-state index in [1.165, 1.54) is 12.1 Å². The zero-order valence-electron chi connectivity index (χ0n) is 8.23. The van der Waals surface area contributed by atoms with Crippen molar-refractivity contribution in [2.24, 2.45) is 0 Å². The van der Waals surface area contributed by atoms with Crippen molar-refractivity contribution in [1.82, 2.24) is 4.72 Å². The molecule has 0 atom stereocenters. The highest BCUT2D eigenvalue weighted by Gasteiger charge is 2.12. The van der Waals surface area contributed by atoms with Gasteiger partial charge in [0.05, 0.1) is 4.90 Å². The van der Waals surface area contributed by atoms with E-state index in [4.69, 9.17) is 11.6 Å². The van der Waals surface area contributed by atoms with Crippen molar-refractivity contribution in [3.63, 3.8) is 0 Å². The van der Waals surface area contributed by atoms with Crippen LogP contribution in [0.25, 0.3) is 0 Å². The zero-order chi connectivity index (χ0) is 11.3. The maximum absolute atomic E-state index is 11.7. The quantitative estimate of drug-likeness (QED) is 0.828. The van der Waals surface area contributed by atoms with Crippen LogP contribution in [0.3, 0.4) is 0 Å². The molecule has 0 heterocycles. The molecule has 0 fully saturated rings. The lowest BCUT2D eigenvalue weighted by Gasteiger charge is -2.05. The van der Waals surface area contributed by atoms with Gasteiger partial charge in [-0.15, -0.1) is 0 Å². The molecule has 3 nitrogen and oxygen atoms in total. The monoisotopic (exact) mass is 265 g/mol. The van der Waals surface area contributed by atoms with Crippen LogP contribution in [-0.4, -0.2) is 27.0 Å².